The maximum atomic E-state index is 13.5. The van der Waals surface area contributed by atoms with Gasteiger partial charge in [0.1, 0.15) is 5.82 Å². The van der Waals surface area contributed by atoms with Crippen LogP contribution in [0.25, 0.3) is 0 Å². The minimum atomic E-state index is -0.356. The quantitative estimate of drug-likeness (QED) is 0.738. The molecule has 1 amide bonds. The van der Waals surface area contributed by atoms with Gasteiger partial charge >= 0.3 is 0 Å². The van der Waals surface area contributed by atoms with Gasteiger partial charge in [0.25, 0.3) is 0 Å². The van der Waals surface area contributed by atoms with Crippen LogP contribution in [-0.4, -0.2) is 5.91 Å². The molecule has 0 fully saturated rings. The molecule has 15 heavy (non-hydrogen) atoms. The number of anilines is 1. The van der Waals surface area contributed by atoms with E-state index in [2.05, 4.69) is 5.32 Å². The number of nitrogens with two attached hydrogens (primary N) is 1. The minimum absolute atomic E-state index is 0.0598. The number of hydrogen-bond acceptors (Lipinski definition) is 2. The van der Waals surface area contributed by atoms with E-state index in [9.17, 15) is 9.18 Å². The van der Waals surface area contributed by atoms with Gasteiger partial charge in [-0.15, -0.1) is 0 Å². The third-order valence-corrected chi connectivity index (χ3v) is 2.61. The molecule has 1 unspecified atom stereocenters. The third-order valence-electron chi connectivity index (χ3n) is 2.61. The maximum absolute atomic E-state index is 13.5. The predicted octanol–water partition coefficient (Wildman–Crippen LogP) is 1.73. The van der Waals surface area contributed by atoms with E-state index < -0.39 is 0 Å². The molecular weight excluding hydrogens is 195 g/mol. The summed E-state index contributed by atoms with van der Waals surface area (Å²) in [6.07, 6.45) is 1.11. The van der Waals surface area contributed by atoms with Crippen molar-refractivity contribution in [2.75, 3.05) is 5.32 Å². The standard InChI is InChI=1S/C11H13FN2O/c1-6(13)8-4-7-2-3-11(15)14-10(7)5-9(8)12/h4-6H,2-3,13H2,1H3,(H,14,15). The minimum Gasteiger partial charge on any atom is -0.326 e. The number of aryl methyl sites for hydroxylation is 1. The second-order valence-electron chi connectivity index (χ2n) is 3.87. The summed E-state index contributed by atoms with van der Waals surface area (Å²) in [4.78, 5) is 11.1. The van der Waals surface area contributed by atoms with Crippen LogP contribution in [0.2, 0.25) is 0 Å². The Bertz CT molecular complexity index is 415. The largest absolute Gasteiger partial charge is 0.326 e. The van der Waals surface area contributed by atoms with Gasteiger partial charge in [-0.2, -0.15) is 0 Å². The van der Waals surface area contributed by atoms with Crippen LogP contribution in [0.1, 0.15) is 30.5 Å². The van der Waals surface area contributed by atoms with Gasteiger partial charge in [0, 0.05) is 23.7 Å². The van der Waals surface area contributed by atoms with E-state index in [1.807, 2.05) is 0 Å². The summed E-state index contributed by atoms with van der Waals surface area (Å²) in [7, 11) is 0. The lowest BCUT2D eigenvalue weighted by Gasteiger charge is -2.19. The van der Waals surface area contributed by atoms with Crippen molar-refractivity contribution in [1.29, 1.82) is 0 Å². The summed E-state index contributed by atoms with van der Waals surface area (Å²) in [6.45, 7) is 1.74. The highest BCUT2D eigenvalue weighted by Gasteiger charge is 2.18. The fourth-order valence-corrected chi connectivity index (χ4v) is 1.77. The van der Waals surface area contributed by atoms with Crippen LogP contribution < -0.4 is 11.1 Å². The Morgan fingerprint density at radius 2 is 2.20 bits per heavy atom. The normalized spacial score (nSPS) is 16.9. The molecule has 3 nitrogen and oxygen atoms in total. The van der Waals surface area contributed by atoms with E-state index in [0.29, 0.717) is 24.1 Å². The zero-order chi connectivity index (χ0) is 11.0. The first kappa shape index (κ1) is 10.1. The first-order valence-corrected chi connectivity index (χ1v) is 4.95. The van der Waals surface area contributed by atoms with Crippen molar-refractivity contribution in [3.05, 3.63) is 29.1 Å². The Morgan fingerprint density at radius 3 is 2.87 bits per heavy atom. The molecule has 4 heteroatoms. The van der Waals surface area contributed by atoms with E-state index in [-0.39, 0.29) is 17.8 Å². The van der Waals surface area contributed by atoms with E-state index >= 15 is 0 Å². The van der Waals surface area contributed by atoms with E-state index in [0.717, 1.165) is 5.56 Å². The van der Waals surface area contributed by atoms with Crippen LogP contribution in [0.15, 0.2) is 12.1 Å². The van der Waals surface area contributed by atoms with Gasteiger partial charge in [0.2, 0.25) is 5.91 Å². The zero-order valence-corrected chi connectivity index (χ0v) is 8.51. The molecule has 0 bridgehead atoms. The second kappa shape index (κ2) is 3.62. The maximum Gasteiger partial charge on any atom is 0.224 e. The highest BCUT2D eigenvalue weighted by atomic mass is 19.1. The van der Waals surface area contributed by atoms with Crippen LogP contribution in [0, 0.1) is 5.82 Å². The van der Waals surface area contributed by atoms with Crippen LogP contribution in [-0.2, 0) is 11.2 Å². The lowest BCUT2D eigenvalue weighted by Crippen LogP contribution is -2.20. The Hall–Kier alpha value is -1.42. The van der Waals surface area contributed by atoms with Crippen molar-refractivity contribution in [2.24, 2.45) is 5.73 Å². The molecule has 0 aromatic heterocycles. The average molecular weight is 208 g/mol. The van der Waals surface area contributed by atoms with Crippen molar-refractivity contribution >= 4 is 11.6 Å². The number of amides is 1. The molecule has 1 aliphatic rings. The lowest BCUT2D eigenvalue weighted by molar-refractivity contribution is -0.116. The van der Waals surface area contributed by atoms with Crippen molar-refractivity contribution in [1.82, 2.24) is 0 Å². The number of rotatable bonds is 1. The number of halogens is 1. The smallest absolute Gasteiger partial charge is 0.224 e. The van der Waals surface area contributed by atoms with Gasteiger partial charge in [-0.25, -0.2) is 4.39 Å². The molecule has 0 saturated carbocycles. The van der Waals surface area contributed by atoms with E-state index in [4.69, 9.17) is 5.73 Å². The summed E-state index contributed by atoms with van der Waals surface area (Å²) in [5, 5.41) is 2.65. The average Bonchev–Trinajstić information content (AvgIpc) is 2.15. The number of fused-ring (bicyclic) bond motifs is 1. The molecular formula is C11H13FN2O. The van der Waals surface area contributed by atoms with E-state index in [1.165, 1.54) is 6.07 Å². The zero-order valence-electron chi connectivity index (χ0n) is 8.51. The Labute approximate surface area is 87.5 Å². The highest BCUT2D eigenvalue weighted by Crippen LogP contribution is 2.27. The molecule has 1 aromatic rings. The van der Waals surface area contributed by atoms with E-state index in [1.54, 1.807) is 13.0 Å². The van der Waals surface area contributed by atoms with Gasteiger partial charge < -0.3 is 11.1 Å². The van der Waals surface area contributed by atoms with Crippen molar-refractivity contribution in [3.63, 3.8) is 0 Å². The second-order valence-corrected chi connectivity index (χ2v) is 3.87. The Kier molecular flexibility index (Phi) is 2.44. The molecule has 0 spiro atoms. The van der Waals surface area contributed by atoms with Crippen LogP contribution in [0.3, 0.4) is 0 Å². The summed E-state index contributed by atoms with van der Waals surface area (Å²) >= 11 is 0. The molecule has 0 aliphatic carbocycles. The van der Waals surface area contributed by atoms with Crippen LogP contribution in [0.4, 0.5) is 10.1 Å². The fourth-order valence-electron chi connectivity index (χ4n) is 1.77. The fraction of sp³-hybridized carbons (Fsp3) is 0.364. The van der Waals surface area contributed by atoms with Crippen LogP contribution >= 0.6 is 0 Å². The highest BCUT2D eigenvalue weighted by molar-refractivity contribution is 5.93. The SMILES string of the molecule is CC(N)c1cc2c(cc1F)NC(=O)CC2. The molecule has 1 aliphatic heterocycles. The van der Waals surface area contributed by atoms with Crippen molar-refractivity contribution in [2.45, 2.75) is 25.8 Å². The Balaban J connectivity index is 2.46. The van der Waals surface area contributed by atoms with Gasteiger partial charge in [-0.1, -0.05) is 0 Å². The molecule has 1 heterocycles. The monoisotopic (exact) mass is 208 g/mol. The third kappa shape index (κ3) is 1.85. The molecule has 1 atom stereocenters. The summed E-state index contributed by atoms with van der Waals surface area (Å²) in [5.74, 6) is -0.415. The van der Waals surface area contributed by atoms with Crippen LogP contribution in [0.5, 0.6) is 0 Å². The molecule has 0 saturated heterocycles. The van der Waals surface area contributed by atoms with Gasteiger partial charge in [-0.3, -0.25) is 4.79 Å². The molecule has 0 radical (unpaired) electrons. The predicted molar refractivity (Wildman–Crippen MR) is 56.0 cm³/mol. The van der Waals surface area contributed by atoms with Crippen molar-refractivity contribution < 1.29 is 9.18 Å². The topological polar surface area (TPSA) is 55.1 Å². The summed E-state index contributed by atoms with van der Waals surface area (Å²) in [6, 6.07) is 2.77. The Morgan fingerprint density at radius 1 is 1.47 bits per heavy atom. The number of hydrogen-bond donors (Lipinski definition) is 2. The van der Waals surface area contributed by atoms with Crippen molar-refractivity contribution in [3.8, 4) is 0 Å². The van der Waals surface area contributed by atoms with Gasteiger partial charge in [0.05, 0.1) is 0 Å². The summed E-state index contributed by atoms with van der Waals surface area (Å²) in [5.41, 5.74) is 7.69. The number of carbonyl (C=O) groups excluding carboxylic acids is 1. The molecule has 3 N–H and O–H groups in total. The number of carbonyl (C=O) groups is 1. The first-order valence-electron chi connectivity index (χ1n) is 4.95. The number of benzene rings is 1. The summed E-state index contributed by atoms with van der Waals surface area (Å²) < 4.78 is 13.5. The molecule has 1 aromatic carbocycles. The number of nitrogens with one attached hydrogen (secondary N) is 1. The van der Waals surface area contributed by atoms with Gasteiger partial charge in [-0.05, 0) is 31.0 Å². The first-order chi connectivity index (χ1) is 7.08. The molecule has 80 valence electrons. The van der Waals surface area contributed by atoms with Gasteiger partial charge in [0.15, 0.2) is 0 Å². The lowest BCUT2D eigenvalue weighted by atomic mass is 9.97. The molecule has 2 rings (SSSR count).